The molecule has 2 N–H and O–H groups in total. The van der Waals surface area contributed by atoms with Crippen molar-refractivity contribution < 1.29 is 27.9 Å². The second-order valence-electron chi connectivity index (χ2n) is 4.00. The van der Waals surface area contributed by atoms with Crippen LogP contribution in [0.3, 0.4) is 0 Å². The SMILES string of the molecule is CSc1ccccc1NC(=O)N(CC(=O)O)CC(F)(F)F. The van der Waals surface area contributed by atoms with Crippen molar-refractivity contribution in [2.45, 2.75) is 11.1 Å². The predicted octanol–water partition coefficient (Wildman–Crippen LogP) is 2.89. The summed E-state index contributed by atoms with van der Waals surface area (Å²) in [4.78, 5) is 23.3. The summed E-state index contributed by atoms with van der Waals surface area (Å²) < 4.78 is 37.1. The zero-order chi connectivity index (χ0) is 16.0. The van der Waals surface area contributed by atoms with Crippen LogP contribution in [0.1, 0.15) is 0 Å². The van der Waals surface area contributed by atoms with Crippen molar-refractivity contribution in [1.82, 2.24) is 4.90 Å². The summed E-state index contributed by atoms with van der Waals surface area (Å²) >= 11 is 1.30. The molecule has 2 amide bonds. The quantitative estimate of drug-likeness (QED) is 0.818. The van der Waals surface area contributed by atoms with E-state index in [1.54, 1.807) is 24.5 Å². The normalized spacial score (nSPS) is 11.0. The van der Waals surface area contributed by atoms with Crippen LogP contribution in [0.4, 0.5) is 23.7 Å². The Morgan fingerprint density at radius 2 is 1.95 bits per heavy atom. The summed E-state index contributed by atoms with van der Waals surface area (Å²) in [6.45, 7) is -2.67. The monoisotopic (exact) mass is 322 g/mol. The molecule has 5 nitrogen and oxygen atoms in total. The maximum atomic E-state index is 12.4. The Hall–Kier alpha value is -1.90. The maximum Gasteiger partial charge on any atom is 0.406 e. The largest absolute Gasteiger partial charge is 0.480 e. The van der Waals surface area contributed by atoms with Gasteiger partial charge in [-0.2, -0.15) is 13.2 Å². The number of carboxylic acid groups (broad SMARTS) is 1. The molecular weight excluding hydrogens is 309 g/mol. The standard InChI is InChI=1S/C12H13F3N2O3S/c1-21-9-5-3-2-4-8(9)16-11(20)17(6-10(18)19)7-12(13,14)15/h2-5H,6-7H2,1H3,(H,16,20)(H,18,19). The van der Waals surface area contributed by atoms with Crippen LogP contribution in [0.25, 0.3) is 0 Å². The number of hydrogen-bond acceptors (Lipinski definition) is 3. The molecule has 0 spiro atoms. The van der Waals surface area contributed by atoms with Gasteiger partial charge in [0.15, 0.2) is 0 Å². The van der Waals surface area contributed by atoms with Gasteiger partial charge in [0.1, 0.15) is 13.1 Å². The number of carbonyl (C=O) groups is 2. The second kappa shape index (κ2) is 7.21. The number of carbonyl (C=O) groups excluding carboxylic acids is 1. The molecule has 1 rings (SSSR count). The van der Waals surface area contributed by atoms with Crippen LogP contribution >= 0.6 is 11.8 Å². The van der Waals surface area contributed by atoms with E-state index in [9.17, 15) is 22.8 Å². The van der Waals surface area contributed by atoms with Crippen LogP contribution in [-0.2, 0) is 4.79 Å². The van der Waals surface area contributed by atoms with Gasteiger partial charge in [0.2, 0.25) is 0 Å². The third kappa shape index (κ3) is 5.94. The van der Waals surface area contributed by atoms with E-state index in [0.717, 1.165) is 0 Å². The van der Waals surface area contributed by atoms with Crippen LogP contribution in [-0.4, -0.2) is 47.5 Å². The first-order valence-electron chi connectivity index (χ1n) is 5.70. The Bertz CT molecular complexity index is 523. The number of aliphatic carboxylic acids is 1. The van der Waals surface area contributed by atoms with E-state index in [4.69, 9.17) is 5.11 Å². The van der Waals surface area contributed by atoms with Crippen molar-refractivity contribution in [2.24, 2.45) is 0 Å². The lowest BCUT2D eigenvalue weighted by molar-refractivity contribution is -0.148. The van der Waals surface area contributed by atoms with Crippen molar-refractivity contribution in [3.05, 3.63) is 24.3 Å². The number of halogens is 3. The van der Waals surface area contributed by atoms with Gasteiger partial charge in [-0.15, -0.1) is 11.8 Å². The van der Waals surface area contributed by atoms with Crippen LogP contribution in [0, 0.1) is 0 Å². The molecule has 9 heteroatoms. The molecular formula is C12H13F3N2O3S. The van der Waals surface area contributed by atoms with E-state index in [1.165, 1.54) is 17.8 Å². The first kappa shape index (κ1) is 17.2. The molecule has 0 radical (unpaired) electrons. The molecule has 0 fully saturated rings. The molecule has 0 saturated heterocycles. The zero-order valence-electron chi connectivity index (χ0n) is 11.0. The number of urea groups is 1. The molecule has 0 heterocycles. The Morgan fingerprint density at radius 1 is 1.33 bits per heavy atom. The average molecular weight is 322 g/mol. The molecule has 0 saturated carbocycles. The molecule has 1 aromatic rings. The van der Waals surface area contributed by atoms with Gasteiger partial charge >= 0.3 is 18.2 Å². The Morgan fingerprint density at radius 3 is 2.48 bits per heavy atom. The number of thioether (sulfide) groups is 1. The van der Waals surface area contributed by atoms with Crippen molar-refractivity contribution in [2.75, 3.05) is 24.7 Å². The first-order valence-corrected chi connectivity index (χ1v) is 6.93. The minimum Gasteiger partial charge on any atom is -0.480 e. The lowest BCUT2D eigenvalue weighted by Gasteiger charge is -2.23. The van der Waals surface area contributed by atoms with Gasteiger partial charge in [-0.25, -0.2) is 4.79 Å². The molecule has 0 aliphatic rings. The fraction of sp³-hybridized carbons (Fsp3) is 0.333. The number of carboxylic acids is 1. The lowest BCUT2D eigenvalue weighted by Crippen LogP contribution is -2.44. The summed E-state index contributed by atoms with van der Waals surface area (Å²) in [6, 6.07) is 5.42. The van der Waals surface area contributed by atoms with Crippen LogP contribution in [0.2, 0.25) is 0 Å². The van der Waals surface area contributed by atoms with Crippen molar-refractivity contribution in [3.8, 4) is 0 Å². The highest BCUT2D eigenvalue weighted by Gasteiger charge is 2.34. The van der Waals surface area contributed by atoms with Gasteiger partial charge in [-0.05, 0) is 18.4 Å². The van der Waals surface area contributed by atoms with E-state index in [-0.39, 0.29) is 4.90 Å². The fourth-order valence-corrected chi connectivity index (χ4v) is 2.08. The number of rotatable bonds is 5. The summed E-state index contributed by atoms with van der Waals surface area (Å²) in [6.07, 6.45) is -2.93. The summed E-state index contributed by atoms with van der Waals surface area (Å²) in [7, 11) is 0. The van der Waals surface area contributed by atoms with Gasteiger partial charge in [0, 0.05) is 4.90 Å². The Kier molecular flexibility index (Phi) is 5.89. The number of hydrogen-bond donors (Lipinski definition) is 2. The number of nitrogens with zero attached hydrogens (tertiary/aromatic N) is 1. The zero-order valence-corrected chi connectivity index (χ0v) is 11.8. The van der Waals surface area contributed by atoms with Gasteiger partial charge in [0.05, 0.1) is 5.69 Å². The highest BCUT2D eigenvalue weighted by atomic mass is 32.2. The van der Waals surface area contributed by atoms with Gasteiger partial charge in [0.25, 0.3) is 0 Å². The van der Waals surface area contributed by atoms with Gasteiger partial charge < -0.3 is 15.3 Å². The van der Waals surface area contributed by atoms with Crippen LogP contribution in [0.5, 0.6) is 0 Å². The molecule has 1 aromatic carbocycles. The van der Waals surface area contributed by atoms with Gasteiger partial charge in [-0.3, -0.25) is 4.79 Å². The lowest BCUT2D eigenvalue weighted by atomic mass is 10.3. The number of benzene rings is 1. The third-order valence-corrected chi connectivity index (χ3v) is 3.13. The fourth-order valence-electron chi connectivity index (χ4n) is 1.52. The minimum absolute atomic E-state index is 0.194. The molecule has 21 heavy (non-hydrogen) atoms. The smallest absolute Gasteiger partial charge is 0.406 e. The van der Waals surface area contributed by atoms with E-state index in [1.807, 2.05) is 0 Å². The second-order valence-corrected chi connectivity index (χ2v) is 4.84. The van der Waals surface area contributed by atoms with Crippen LogP contribution in [0.15, 0.2) is 29.2 Å². The summed E-state index contributed by atoms with van der Waals surface area (Å²) in [5, 5.41) is 10.9. The highest BCUT2D eigenvalue weighted by Crippen LogP contribution is 2.25. The van der Waals surface area contributed by atoms with Crippen molar-refractivity contribution in [1.29, 1.82) is 0 Å². The maximum absolute atomic E-state index is 12.4. The van der Waals surface area contributed by atoms with Crippen molar-refractivity contribution >= 4 is 29.4 Å². The number of alkyl halides is 3. The summed E-state index contributed by atoms with van der Waals surface area (Å²) in [5.74, 6) is -1.52. The third-order valence-electron chi connectivity index (χ3n) is 2.33. The average Bonchev–Trinajstić information content (AvgIpc) is 2.36. The van der Waals surface area contributed by atoms with E-state index >= 15 is 0 Å². The first-order chi connectivity index (χ1) is 9.73. The number of para-hydroxylation sites is 1. The van der Waals surface area contributed by atoms with Gasteiger partial charge in [-0.1, -0.05) is 12.1 Å². The number of anilines is 1. The van der Waals surface area contributed by atoms with Crippen LogP contribution < -0.4 is 5.32 Å². The Labute approximate surface area is 123 Å². The molecule has 0 aliphatic heterocycles. The minimum atomic E-state index is -4.67. The number of nitrogens with one attached hydrogen (secondary N) is 1. The van der Waals surface area contributed by atoms with E-state index in [0.29, 0.717) is 10.6 Å². The molecule has 0 aliphatic carbocycles. The van der Waals surface area contributed by atoms with E-state index < -0.39 is 31.3 Å². The van der Waals surface area contributed by atoms with E-state index in [2.05, 4.69) is 5.32 Å². The predicted molar refractivity (Wildman–Crippen MR) is 72.5 cm³/mol. The molecule has 116 valence electrons. The highest BCUT2D eigenvalue weighted by molar-refractivity contribution is 7.98. The molecule has 0 aromatic heterocycles. The topological polar surface area (TPSA) is 69.6 Å². The molecule has 0 bridgehead atoms. The molecule has 0 unspecified atom stereocenters. The van der Waals surface area contributed by atoms with Crippen molar-refractivity contribution in [3.63, 3.8) is 0 Å². The summed E-state index contributed by atoms with van der Waals surface area (Å²) in [5.41, 5.74) is 0.326. The number of amides is 2. The molecule has 0 atom stereocenters. The Balaban J connectivity index is 2.87.